The molecule has 0 saturated heterocycles. The maximum absolute atomic E-state index is 11.6. The predicted octanol–water partition coefficient (Wildman–Crippen LogP) is 4.36. The van der Waals surface area contributed by atoms with Crippen LogP contribution in [0.4, 0.5) is 0 Å². The summed E-state index contributed by atoms with van der Waals surface area (Å²) in [6, 6.07) is 9.22. The highest BCUT2D eigenvalue weighted by Crippen LogP contribution is 2.47. The van der Waals surface area contributed by atoms with E-state index in [2.05, 4.69) is 15.5 Å². The summed E-state index contributed by atoms with van der Waals surface area (Å²) < 4.78 is 17.3. The van der Waals surface area contributed by atoms with E-state index in [-0.39, 0.29) is 30.2 Å². The molecule has 1 aromatic carbocycles. The fourth-order valence-corrected chi connectivity index (χ4v) is 3.88. The van der Waals surface area contributed by atoms with Crippen LogP contribution in [0.2, 0.25) is 0 Å². The number of nitrogens with zero attached hydrogens (tertiary/aromatic N) is 3. The number of ether oxygens (including phenoxy) is 1. The van der Waals surface area contributed by atoms with Crippen molar-refractivity contribution in [1.29, 1.82) is 5.26 Å². The van der Waals surface area contributed by atoms with Gasteiger partial charge in [0.1, 0.15) is 17.7 Å². The van der Waals surface area contributed by atoms with Crippen molar-refractivity contribution in [3.63, 3.8) is 0 Å². The number of rotatable bonds is 8. The second-order valence-electron chi connectivity index (χ2n) is 8.58. The number of carbonyl (C=O) groups is 1. The molecule has 0 spiro atoms. The van der Waals surface area contributed by atoms with Crippen molar-refractivity contribution in [1.82, 2.24) is 15.5 Å². The van der Waals surface area contributed by atoms with Crippen LogP contribution in [0.3, 0.4) is 0 Å². The third kappa shape index (κ3) is 4.26. The molecule has 160 valence electrons. The number of nitriles is 1. The molecule has 0 unspecified atom stereocenters. The van der Waals surface area contributed by atoms with Gasteiger partial charge in [-0.25, -0.2) is 4.98 Å². The molecule has 0 bridgehead atoms. The zero-order valence-electron chi connectivity index (χ0n) is 17.3. The van der Waals surface area contributed by atoms with Gasteiger partial charge in [-0.1, -0.05) is 5.16 Å². The van der Waals surface area contributed by atoms with Gasteiger partial charge in [0, 0.05) is 24.0 Å². The van der Waals surface area contributed by atoms with Gasteiger partial charge in [-0.05, 0) is 50.7 Å². The molecule has 0 radical (unpaired) electrons. The van der Waals surface area contributed by atoms with Crippen LogP contribution in [-0.4, -0.2) is 22.7 Å². The van der Waals surface area contributed by atoms with Gasteiger partial charge < -0.3 is 19.0 Å². The Morgan fingerprint density at radius 2 is 2.16 bits per heavy atom. The molecule has 1 amide bonds. The second kappa shape index (κ2) is 8.06. The molecule has 3 aromatic rings. The second-order valence-corrected chi connectivity index (χ2v) is 8.58. The Labute approximate surface area is 179 Å². The van der Waals surface area contributed by atoms with Crippen LogP contribution >= 0.6 is 0 Å². The van der Waals surface area contributed by atoms with E-state index in [1.165, 1.54) is 12.8 Å². The number of carbonyl (C=O) groups excluding carboxylic acids is 1. The molecule has 2 fully saturated rings. The van der Waals surface area contributed by atoms with Gasteiger partial charge in [-0.15, -0.1) is 0 Å². The number of oxazole rings is 1. The summed E-state index contributed by atoms with van der Waals surface area (Å²) in [6.07, 6.45) is 4.13. The minimum atomic E-state index is -0.327. The van der Waals surface area contributed by atoms with E-state index in [0.717, 1.165) is 47.9 Å². The van der Waals surface area contributed by atoms with Gasteiger partial charge >= 0.3 is 0 Å². The smallest absolute Gasteiger partial charge is 0.234 e. The van der Waals surface area contributed by atoms with E-state index in [9.17, 15) is 4.79 Å². The number of benzene rings is 1. The van der Waals surface area contributed by atoms with E-state index in [1.54, 1.807) is 0 Å². The minimum Gasteiger partial charge on any atom is -0.493 e. The van der Waals surface area contributed by atoms with Gasteiger partial charge in [-0.3, -0.25) is 4.79 Å². The number of amides is 1. The van der Waals surface area contributed by atoms with Crippen LogP contribution in [0.5, 0.6) is 5.75 Å². The van der Waals surface area contributed by atoms with E-state index >= 15 is 0 Å². The Hall–Kier alpha value is -3.34. The number of nitrogens with one attached hydrogen (secondary N) is 1. The zero-order valence-corrected chi connectivity index (χ0v) is 17.3. The number of aromatic nitrogens is 2. The summed E-state index contributed by atoms with van der Waals surface area (Å²) in [5, 5.41) is 15.5. The van der Waals surface area contributed by atoms with Crippen LogP contribution in [0.15, 0.2) is 33.2 Å². The summed E-state index contributed by atoms with van der Waals surface area (Å²) >= 11 is 0. The molecule has 2 aromatic heterocycles. The summed E-state index contributed by atoms with van der Waals surface area (Å²) in [6.45, 7) is 2.58. The molecule has 2 aliphatic carbocycles. The lowest BCUT2D eigenvalue weighted by Crippen LogP contribution is -2.25. The number of hydrogen-bond acceptors (Lipinski definition) is 7. The fraction of sp³-hybridized carbons (Fsp3) is 0.478. The molecule has 8 heteroatoms. The average molecular weight is 420 g/mol. The third-order valence-electron chi connectivity index (χ3n) is 6.06. The van der Waals surface area contributed by atoms with E-state index in [1.807, 2.05) is 37.3 Å². The first-order valence-corrected chi connectivity index (χ1v) is 10.7. The maximum Gasteiger partial charge on any atom is 0.234 e. The first-order chi connectivity index (χ1) is 15.1. The van der Waals surface area contributed by atoms with Gasteiger partial charge in [0.15, 0.2) is 17.2 Å². The lowest BCUT2D eigenvalue weighted by atomic mass is 9.73. The molecule has 2 heterocycles. The summed E-state index contributed by atoms with van der Waals surface area (Å²) in [4.78, 5) is 16.2. The lowest BCUT2D eigenvalue weighted by molar-refractivity contribution is -0.120. The molecule has 0 aliphatic heterocycles. The topological polar surface area (TPSA) is 114 Å². The predicted molar refractivity (Wildman–Crippen MR) is 110 cm³/mol. The van der Waals surface area contributed by atoms with Gasteiger partial charge in [-0.2, -0.15) is 5.26 Å². The standard InChI is InChI=1S/C23H24N4O4/c1-13(25-22(28)6-7-24)20-11-19(27-31-20)15-8-16(9-15)23-26-18-5-4-17(10-21(18)30-23)29-12-14-2-3-14/h4-5,10-11,13-16H,2-3,6,8-9,12H2,1H3,(H,25,28)/t13-,15?,16?/m0/s1. The Balaban J connectivity index is 1.19. The molecule has 1 atom stereocenters. The van der Waals surface area contributed by atoms with Crippen molar-refractivity contribution in [3.8, 4) is 11.8 Å². The minimum absolute atomic E-state index is 0.172. The SMILES string of the molecule is C[C@H](NC(=O)CC#N)c1cc(C2CC(c3nc4ccc(OCC5CC5)cc4o3)C2)no1. The first-order valence-electron chi connectivity index (χ1n) is 10.7. The molecule has 5 rings (SSSR count). The molecule has 1 N–H and O–H groups in total. The van der Waals surface area contributed by atoms with Crippen molar-refractivity contribution < 1.29 is 18.5 Å². The lowest BCUT2D eigenvalue weighted by Gasteiger charge is -2.31. The molecule has 2 aliphatic rings. The van der Waals surface area contributed by atoms with Crippen LogP contribution < -0.4 is 10.1 Å². The molecule has 31 heavy (non-hydrogen) atoms. The Morgan fingerprint density at radius 1 is 1.32 bits per heavy atom. The average Bonchev–Trinajstić information content (AvgIpc) is 3.25. The van der Waals surface area contributed by atoms with Gasteiger partial charge in [0.05, 0.1) is 24.4 Å². The monoisotopic (exact) mass is 420 g/mol. The van der Waals surface area contributed by atoms with Crippen LogP contribution in [0, 0.1) is 17.2 Å². The van der Waals surface area contributed by atoms with Gasteiger partial charge in [0.25, 0.3) is 0 Å². The summed E-state index contributed by atoms with van der Waals surface area (Å²) in [7, 11) is 0. The van der Waals surface area contributed by atoms with E-state index in [0.29, 0.717) is 11.7 Å². The quantitative estimate of drug-likeness (QED) is 0.576. The third-order valence-corrected chi connectivity index (χ3v) is 6.06. The zero-order chi connectivity index (χ0) is 21.4. The maximum atomic E-state index is 11.6. The highest BCUT2D eigenvalue weighted by molar-refractivity contribution is 5.78. The molecular formula is C23H24N4O4. The Bertz CT molecular complexity index is 1130. The fourth-order valence-electron chi connectivity index (χ4n) is 3.88. The normalized spacial score (nSPS) is 21.3. The summed E-state index contributed by atoms with van der Waals surface area (Å²) in [5.74, 6) is 3.09. The van der Waals surface area contributed by atoms with Crippen molar-refractivity contribution in [2.45, 2.75) is 56.9 Å². The Morgan fingerprint density at radius 3 is 2.94 bits per heavy atom. The summed E-state index contributed by atoms with van der Waals surface area (Å²) in [5.41, 5.74) is 2.49. The molecule has 2 saturated carbocycles. The van der Waals surface area contributed by atoms with Crippen molar-refractivity contribution in [2.24, 2.45) is 5.92 Å². The van der Waals surface area contributed by atoms with E-state index < -0.39 is 0 Å². The van der Waals surface area contributed by atoms with Crippen LogP contribution in [-0.2, 0) is 4.79 Å². The van der Waals surface area contributed by atoms with Crippen LogP contribution in [0.25, 0.3) is 11.1 Å². The van der Waals surface area contributed by atoms with Crippen molar-refractivity contribution >= 4 is 17.0 Å². The van der Waals surface area contributed by atoms with Gasteiger partial charge in [0.2, 0.25) is 5.91 Å². The highest BCUT2D eigenvalue weighted by Gasteiger charge is 2.37. The Kier molecular flexibility index (Phi) is 5.10. The molecule has 8 nitrogen and oxygen atoms in total. The number of fused-ring (bicyclic) bond motifs is 1. The van der Waals surface area contributed by atoms with Crippen molar-refractivity contribution in [3.05, 3.63) is 41.6 Å². The van der Waals surface area contributed by atoms with Crippen LogP contribution in [0.1, 0.15) is 74.3 Å². The largest absolute Gasteiger partial charge is 0.493 e. The molecular weight excluding hydrogens is 396 g/mol. The number of hydrogen-bond donors (Lipinski definition) is 1. The van der Waals surface area contributed by atoms with E-state index in [4.69, 9.17) is 18.9 Å². The van der Waals surface area contributed by atoms with Crippen molar-refractivity contribution in [2.75, 3.05) is 6.61 Å². The first kappa shape index (κ1) is 19.6. The highest BCUT2D eigenvalue weighted by atomic mass is 16.5.